The van der Waals surface area contributed by atoms with Crippen molar-refractivity contribution in [3.05, 3.63) is 0 Å². The minimum Gasteiger partial charge on any atom is -0.330 e. The van der Waals surface area contributed by atoms with Crippen molar-refractivity contribution >= 4 is 0 Å². The summed E-state index contributed by atoms with van der Waals surface area (Å²) >= 11 is 0. The van der Waals surface area contributed by atoms with Crippen LogP contribution in [0.2, 0.25) is 0 Å². The van der Waals surface area contributed by atoms with Crippen molar-refractivity contribution in [2.24, 2.45) is 11.7 Å². The van der Waals surface area contributed by atoms with Gasteiger partial charge < -0.3 is 5.73 Å². The van der Waals surface area contributed by atoms with Crippen molar-refractivity contribution in [2.75, 3.05) is 6.54 Å². The summed E-state index contributed by atoms with van der Waals surface area (Å²) in [4.78, 5) is 0. The van der Waals surface area contributed by atoms with E-state index in [0.717, 1.165) is 19.4 Å². The van der Waals surface area contributed by atoms with Crippen LogP contribution in [0.15, 0.2) is 0 Å². The van der Waals surface area contributed by atoms with Crippen LogP contribution in [-0.2, 0) is 0 Å². The quantitative estimate of drug-likeness (QED) is 0.494. The lowest BCUT2D eigenvalue weighted by atomic mass is 10.0. The van der Waals surface area contributed by atoms with E-state index in [0.29, 0.717) is 5.92 Å². The monoisotopic (exact) mass is 167 g/mol. The number of rotatable bonds is 5. The molecule has 0 aromatic heterocycles. The van der Waals surface area contributed by atoms with Gasteiger partial charge >= 0.3 is 0 Å². The molecule has 0 aliphatic carbocycles. The third-order valence-electron chi connectivity index (χ3n) is 1.94. The summed E-state index contributed by atoms with van der Waals surface area (Å²) in [5, 5.41) is 0. The van der Waals surface area contributed by atoms with Gasteiger partial charge in [0.05, 0.1) is 0 Å². The predicted octanol–water partition coefficient (Wildman–Crippen LogP) is 2.56. The molecule has 0 fully saturated rings. The summed E-state index contributed by atoms with van der Waals surface area (Å²) in [7, 11) is 0. The Morgan fingerprint density at radius 2 is 2.08 bits per heavy atom. The number of unbranched alkanes of at least 4 members (excludes halogenated alkanes) is 1. The van der Waals surface area contributed by atoms with Crippen molar-refractivity contribution < 1.29 is 0 Å². The second-order valence-electron chi connectivity index (χ2n) is 3.11. The lowest BCUT2D eigenvalue weighted by Crippen LogP contribution is -1.97. The van der Waals surface area contributed by atoms with E-state index >= 15 is 0 Å². The zero-order chi connectivity index (χ0) is 9.23. The van der Waals surface area contributed by atoms with Crippen molar-refractivity contribution in [1.82, 2.24) is 0 Å². The Labute approximate surface area is 76.7 Å². The van der Waals surface area contributed by atoms with Gasteiger partial charge in [0.15, 0.2) is 0 Å². The molecule has 1 nitrogen and oxygen atoms in total. The molecule has 0 saturated heterocycles. The van der Waals surface area contributed by atoms with Crippen LogP contribution < -0.4 is 5.73 Å². The van der Waals surface area contributed by atoms with Gasteiger partial charge in [-0.1, -0.05) is 26.2 Å². The Balaban J connectivity index is 3.56. The summed E-state index contributed by atoms with van der Waals surface area (Å²) in [6.45, 7) is 5.18. The van der Waals surface area contributed by atoms with E-state index in [1.54, 1.807) is 0 Å². The van der Waals surface area contributed by atoms with E-state index in [1.807, 2.05) is 0 Å². The maximum absolute atomic E-state index is 5.37. The highest BCUT2D eigenvalue weighted by Gasteiger charge is 1.97. The first-order chi connectivity index (χ1) is 5.85. The van der Waals surface area contributed by atoms with Crippen LogP contribution in [0.5, 0.6) is 0 Å². The highest BCUT2D eigenvalue weighted by Crippen LogP contribution is 2.08. The predicted molar refractivity (Wildman–Crippen MR) is 54.8 cm³/mol. The Hall–Kier alpha value is -0.480. The molecule has 0 amide bonds. The molecular formula is C11H21N. The van der Waals surface area contributed by atoms with Gasteiger partial charge in [-0.15, -0.1) is 5.92 Å². The van der Waals surface area contributed by atoms with E-state index in [-0.39, 0.29) is 0 Å². The third-order valence-corrected chi connectivity index (χ3v) is 1.94. The zero-order valence-electron chi connectivity index (χ0n) is 8.40. The van der Waals surface area contributed by atoms with E-state index in [2.05, 4.69) is 25.7 Å². The van der Waals surface area contributed by atoms with Gasteiger partial charge in [0, 0.05) is 12.3 Å². The average Bonchev–Trinajstić information content (AvgIpc) is 2.10. The van der Waals surface area contributed by atoms with Gasteiger partial charge in [-0.25, -0.2) is 0 Å². The molecule has 0 bridgehead atoms. The largest absolute Gasteiger partial charge is 0.330 e. The van der Waals surface area contributed by atoms with E-state index < -0.39 is 0 Å². The Bertz CT molecular complexity index is 141. The lowest BCUT2D eigenvalue weighted by molar-refractivity contribution is 0.580. The van der Waals surface area contributed by atoms with Gasteiger partial charge in [0.1, 0.15) is 0 Å². The number of hydrogen-bond acceptors (Lipinski definition) is 1. The zero-order valence-corrected chi connectivity index (χ0v) is 8.40. The maximum Gasteiger partial charge on any atom is 0.0200 e. The summed E-state index contributed by atoms with van der Waals surface area (Å²) in [6, 6.07) is 0. The highest BCUT2D eigenvalue weighted by atomic mass is 14.5. The summed E-state index contributed by atoms with van der Waals surface area (Å²) in [6.07, 6.45) is 5.67. The van der Waals surface area contributed by atoms with Crippen LogP contribution in [0, 0.1) is 17.8 Å². The highest BCUT2D eigenvalue weighted by molar-refractivity contribution is 5.03. The van der Waals surface area contributed by atoms with E-state index in [4.69, 9.17) is 5.73 Å². The molecule has 1 heteroatoms. The standard InChI is InChI=1S/C11H21N/c1-3-8-11(4-2)9-6-5-7-10-12/h11H,3-5,7-8,10,12H2,1-2H3. The molecule has 2 N–H and O–H groups in total. The van der Waals surface area contributed by atoms with Gasteiger partial charge in [0.25, 0.3) is 0 Å². The fourth-order valence-electron chi connectivity index (χ4n) is 1.13. The third kappa shape index (κ3) is 6.24. The fraction of sp³-hybridized carbons (Fsp3) is 0.818. The number of hydrogen-bond donors (Lipinski definition) is 1. The second-order valence-corrected chi connectivity index (χ2v) is 3.11. The van der Waals surface area contributed by atoms with Gasteiger partial charge in [0.2, 0.25) is 0 Å². The van der Waals surface area contributed by atoms with Crippen LogP contribution in [0.1, 0.15) is 46.0 Å². The Morgan fingerprint density at radius 1 is 1.33 bits per heavy atom. The van der Waals surface area contributed by atoms with Crippen molar-refractivity contribution in [3.8, 4) is 11.8 Å². The van der Waals surface area contributed by atoms with Gasteiger partial charge in [-0.3, -0.25) is 0 Å². The molecule has 0 saturated carbocycles. The van der Waals surface area contributed by atoms with Crippen molar-refractivity contribution in [2.45, 2.75) is 46.0 Å². The molecule has 0 spiro atoms. The second kappa shape index (κ2) is 8.62. The van der Waals surface area contributed by atoms with Crippen LogP contribution in [0.3, 0.4) is 0 Å². The van der Waals surface area contributed by atoms with E-state index in [1.165, 1.54) is 19.3 Å². The van der Waals surface area contributed by atoms with Crippen LogP contribution in [-0.4, -0.2) is 6.54 Å². The Morgan fingerprint density at radius 3 is 2.58 bits per heavy atom. The van der Waals surface area contributed by atoms with Crippen molar-refractivity contribution in [3.63, 3.8) is 0 Å². The van der Waals surface area contributed by atoms with Crippen molar-refractivity contribution in [1.29, 1.82) is 0 Å². The molecule has 0 aromatic rings. The molecule has 0 heterocycles. The fourth-order valence-corrected chi connectivity index (χ4v) is 1.13. The first-order valence-electron chi connectivity index (χ1n) is 5.03. The molecule has 70 valence electrons. The normalized spacial score (nSPS) is 11.9. The minimum atomic E-state index is 0.618. The first-order valence-corrected chi connectivity index (χ1v) is 5.03. The first kappa shape index (κ1) is 11.5. The van der Waals surface area contributed by atoms with Gasteiger partial charge in [-0.05, 0) is 25.8 Å². The molecule has 0 aromatic carbocycles. The summed E-state index contributed by atoms with van der Waals surface area (Å²) < 4.78 is 0. The maximum atomic E-state index is 5.37. The lowest BCUT2D eigenvalue weighted by Gasteiger charge is -2.03. The topological polar surface area (TPSA) is 26.0 Å². The van der Waals surface area contributed by atoms with E-state index in [9.17, 15) is 0 Å². The molecule has 0 aliphatic heterocycles. The molecule has 12 heavy (non-hydrogen) atoms. The number of nitrogens with two attached hydrogens (primary N) is 1. The van der Waals surface area contributed by atoms with Crippen LogP contribution in [0.25, 0.3) is 0 Å². The molecule has 0 rings (SSSR count). The minimum absolute atomic E-state index is 0.618. The molecule has 1 atom stereocenters. The van der Waals surface area contributed by atoms with Gasteiger partial charge in [-0.2, -0.15) is 0 Å². The SMILES string of the molecule is CCCC(C#CCCCN)CC. The molecule has 0 aliphatic rings. The summed E-state index contributed by atoms with van der Waals surface area (Å²) in [5.74, 6) is 7.11. The molecular weight excluding hydrogens is 146 g/mol. The Kier molecular flexibility index (Phi) is 8.27. The molecule has 0 radical (unpaired) electrons. The van der Waals surface area contributed by atoms with Crippen LogP contribution in [0.4, 0.5) is 0 Å². The summed E-state index contributed by atoms with van der Waals surface area (Å²) in [5.41, 5.74) is 5.37. The average molecular weight is 167 g/mol. The smallest absolute Gasteiger partial charge is 0.0200 e. The molecule has 1 unspecified atom stereocenters. The van der Waals surface area contributed by atoms with Crippen LogP contribution >= 0.6 is 0 Å².